The highest BCUT2D eigenvalue weighted by molar-refractivity contribution is 7.89. The number of hydrogen-bond acceptors (Lipinski definition) is 3. The summed E-state index contributed by atoms with van der Waals surface area (Å²) in [6, 6.07) is 12.6. The third-order valence-electron chi connectivity index (χ3n) is 2.89. The van der Waals surface area contributed by atoms with Crippen molar-refractivity contribution < 1.29 is 13.5 Å². The highest BCUT2D eigenvalue weighted by Crippen LogP contribution is 2.22. The molecule has 0 bridgehead atoms. The fourth-order valence-electron chi connectivity index (χ4n) is 1.91. The molecular weight excluding hydrogens is 262 g/mol. The maximum atomic E-state index is 12.2. The Morgan fingerprint density at radius 2 is 1.84 bits per heavy atom. The van der Waals surface area contributed by atoms with Gasteiger partial charge in [-0.2, -0.15) is 0 Å². The molecule has 0 aliphatic heterocycles. The van der Waals surface area contributed by atoms with Crippen molar-refractivity contribution in [2.75, 3.05) is 6.54 Å². The fourth-order valence-corrected chi connectivity index (χ4v) is 3.19. The molecule has 19 heavy (non-hydrogen) atoms. The maximum Gasteiger partial charge on any atom is 0.241 e. The van der Waals surface area contributed by atoms with Crippen molar-refractivity contribution in [3.63, 3.8) is 0 Å². The third-order valence-corrected chi connectivity index (χ3v) is 4.41. The van der Waals surface area contributed by atoms with Crippen LogP contribution in [-0.4, -0.2) is 26.2 Å². The summed E-state index contributed by atoms with van der Waals surface area (Å²) in [6.45, 7) is 1.86. The molecule has 2 aromatic rings. The first kappa shape index (κ1) is 14.0. The molecule has 0 fully saturated rings. The Morgan fingerprint density at radius 1 is 1.16 bits per heavy atom. The first-order chi connectivity index (χ1) is 9.00. The van der Waals surface area contributed by atoms with E-state index in [0.717, 1.165) is 5.39 Å². The average Bonchev–Trinajstić information content (AvgIpc) is 2.37. The van der Waals surface area contributed by atoms with E-state index >= 15 is 0 Å². The van der Waals surface area contributed by atoms with Crippen molar-refractivity contribution in [1.82, 2.24) is 4.72 Å². The lowest BCUT2D eigenvalue weighted by Crippen LogP contribution is -2.26. The van der Waals surface area contributed by atoms with Gasteiger partial charge in [0.15, 0.2) is 0 Å². The summed E-state index contributed by atoms with van der Waals surface area (Å²) in [5.41, 5.74) is 0. The average molecular weight is 279 g/mol. The fraction of sp³-hybridized carbons (Fsp3) is 0.286. The second kappa shape index (κ2) is 5.69. The molecule has 102 valence electrons. The molecule has 0 aromatic heterocycles. The van der Waals surface area contributed by atoms with Gasteiger partial charge in [0, 0.05) is 11.9 Å². The second-order valence-electron chi connectivity index (χ2n) is 4.51. The zero-order chi connectivity index (χ0) is 13.9. The lowest BCUT2D eigenvalue weighted by Gasteiger charge is -2.10. The Morgan fingerprint density at radius 3 is 2.58 bits per heavy atom. The van der Waals surface area contributed by atoms with E-state index < -0.39 is 16.1 Å². The topological polar surface area (TPSA) is 66.4 Å². The van der Waals surface area contributed by atoms with Gasteiger partial charge in [-0.1, -0.05) is 36.4 Å². The Bertz CT molecular complexity index is 660. The van der Waals surface area contributed by atoms with Crippen LogP contribution in [-0.2, 0) is 10.0 Å². The molecule has 2 rings (SSSR count). The molecule has 1 unspecified atom stereocenters. The molecule has 0 aliphatic carbocycles. The summed E-state index contributed by atoms with van der Waals surface area (Å²) in [5, 5.41) is 10.7. The summed E-state index contributed by atoms with van der Waals surface area (Å²) in [4.78, 5) is 0.274. The number of benzene rings is 2. The van der Waals surface area contributed by atoms with Crippen LogP contribution in [0.4, 0.5) is 0 Å². The zero-order valence-corrected chi connectivity index (χ0v) is 11.5. The first-order valence-corrected chi connectivity index (χ1v) is 7.64. The minimum atomic E-state index is -3.54. The van der Waals surface area contributed by atoms with Gasteiger partial charge in [-0.05, 0) is 24.8 Å². The number of fused-ring (bicyclic) bond motifs is 1. The molecule has 0 spiro atoms. The van der Waals surface area contributed by atoms with Crippen LogP contribution in [0.15, 0.2) is 47.4 Å². The van der Waals surface area contributed by atoms with Crippen LogP contribution in [0.2, 0.25) is 0 Å². The standard InChI is InChI=1S/C14H17NO3S/c1-11(16)9-10-15-19(17,18)14-8-4-6-12-5-2-3-7-13(12)14/h2-8,11,15-16H,9-10H2,1H3. The summed E-state index contributed by atoms with van der Waals surface area (Å²) >= 11 is 0. The maximum absolute atomic E-state index is 12.2. The Labute approximate surface area is 113 Å². The van der Waals surface area contributed by atoms with E-state index in [1.54, 1.807) is 25.1 Å². The molecule has 5 heteroatoms. The van der Waals surface area contributed by atoms with E-state index in [2.05, 4.69) is 4.72 Å². The van der Waals surface area contributed by atoms with Gasteiger partial charge < -0.3 is 5.11 Å². The van der Waals surface area contributed by atoms with Gasteiger partial charge in [0.05, 0.1) is 11.0 Å². The van der Waals surface area contributed by atoms with Crippen molar-refractivity contribution >= 4 is 20.8 Å². The number of nitrogens with one attached hydrogen (secondary N) is 1. The minimum Gasteiger partial charge on any atom is -0.393 e. The van der Waals surface area contributed by atoms with E-state index in [4.69, 9.17) is 5.11 Å². The van der Waals surface area contributed by atoms with Gasteiger partial charge in [-0.15, -0.1) is 0 Å². The molecule has 0 saturated heterocycles. The number of sulfonamides is 1. The number of aliphatic hydroxyl groups is 1. The van der Waals surface area contributed by atoms with Crippen molar-refractivity contribution in [2.24, 2.45) is 0 Å². The second-order valence-corrected chi connectivity index (χ2v) is 6.25. The molecule has 0 radical (unpaired) electrons. The lowest BCUT2D eigenvalue weighted by atomic mass is 10.1. The Hall–Kier alpha value is -1.43. The van der Waals surface area contributed by atoms with Gasteiger partial charge in [0.1, 0.15) is 0 Å². The SMILES string of the molecule is CC(O)CCNS(=O)(=O)c1cccc2ccccc12. The van der Waals surface area contributed by atoms with Gasteiger partial charge in [0.2, 0.25) is 10.0 Å². The van der Waals surface area contributed by atoms with E-state index in [1.807, 2.05) is 24.3 Å². The molecular formula is C14H17NO3S. The first-order valence-electron chi connectivity index (χ1n) is 6.16. The Balaban J connectivity index is 2.33. The molecule has 0 heterocycles. The molecule has 0 saturated carbocycles. The summed E-state index contributed by atoms with van der Waals surface area (Å²) in [6.07, 6.45) is -0.125. The van der Waals surface area contributed by atoms with Crippen LogP contribution >= 0.6 is 0 Å². The van der Waals surface area contributed by atoms with Crippen molar-refractivity contribution in [3.8, 4) is 0 Å². The zero-order valence-electron chi connectivity index (χ0n) is 10.7. The summed E-state index contributed by atoms with van der Waals surface area (Å²) in [5.74, 6) is 0. The van der Waals surface area contributed by atoms with E-state index in [-0.39, 0.29) is 11.4 Å². The van der Waals surface area contributed by atoms with E-state index in [9.17, 15) is 8.42 Å². The van der Waals surface area contributed by atoms with Crippen LogP contribution < -0.4 is 4.72 Å². The van der Waals surface area contributed by atoms with Gasteiger partial charge >= 0.3 is 0 Å². The molecule has 0 amide bonds. The monoisotopic (exact) mass is 279 g/mol. The van der Waals surface area contributed by atoms with Crippen LogP contribution in [0.3, 0.4) is 0 Å². The van der Waals surface area contributed by atoms with Crippen molar-refractivity contribution in [3.05, 3.63) is 42.5 Å². The minimum absolute atomic E-state index is 0.225. The number of rotatable bonds is 5. The van der Waals surface area contributed by atoms with Crippen LogP contribution in [0.25, 0.3) is 10.8 Å². The molecule has 2 N–H and O–H groups in total. The van der Waals surface area contributed by atoms with E-state index in [0.29, 0.717) is 11.8 Å². The Kier molecular flexibility index (Phi) is 4.19. The molecule has 2 aromatic carbocycles. The van der Waals surface area contributed by atoms with Crippen LogP contribution in [0.5, 0.6) is 0 Å². The van der Waals surface area contributed by atoms with E-state index in [1.165, 1.54) is 0 Å². The lowest BCUT2D eigenvalue weighted by molar-refractivity contribution is 0.186. The molecule has 1 atom stereocenters. The smallest absolute Gasteiger partial charge is 0.241 e. The van der Waals surface area contributed by atoms with Crippen molar-refractivity contribution in [2.45, 2.75) is 24.3 Å². The normalized spacial score (nSPS) is 13.6. The van der Waals surface area contributed by atoms with Crippen LogP contribution in [0.1, 0.15) is 13.3 Å². The predicted molar refractivity (Wildman–Crippen MR) is 75.4 cm³/mol. The van der Waals surface area contributed by atoms with Crippen LogP contribution in [0, 0.1) is 0 Å². The third kappa shape index (κ3) is 3.32. The molecule has 0 aliphatic rings. The van der Waals surface area contributed by atoms with Gasteiger partial charge in [0.25, 0.3) is 0 Å². The quantitative estimate of drug-likeness (QED) is 0.878. The number of hydrogen-bond donors (Lipinski definition) is 2. The van der Waals surface area contributed by atoms with Gasteiger partial charge in [-0.25, -0.2) is 13.1 Å². The highest BCUT2D eigenvalue weighted by Gasteiger charge is 2.16. The largest absolute Gasteiger partial charge is 0.393 e. The molecule has 4 nitrogen and oxygen atoms in total. The summed E-state index contributed by atoms with van der Waals surface area (Å²) in [7, 11) is -3.54. The van der Waals surface area contributed by atoms with Gasteiger partial charge in [-0.3, -0.25) is 0 Å². The number of aliphatic hydroxyl groups excluding tert-OH is 1. The highest BCUT2D eigenvalue weighted by atomic mass is 32.2. The summed E-state index contributed by atoms with van der Waals surface area (Å²) < 4.78 is 27.0. The van der Waals surface area contributed by atoms with Crippen molar-refractivity contribution in [1.29, 1.82) is 0 Å². The predicted octanol–water partition coefficient (Wildman–Crippen LogP) is 1.89.